The van der Waals surface area contributed by atoms with Gasteiger partial charge in [0.2, 0.25) is 0 Å². The topological polar surface area (TPSA) is 78.7 Å². The summed E-state index contributed by atoms with van der Waals surface area (Å²) in [6.07, 6.45) is 4.97. The molecule has 0 atom stereocenters. The Balaban J connectivity index is 1.79. The molecular formula is C18H11ClN4O. The number of nitrogens with one attached hydrogen (secondary N) is 1. The van der Waals surface area contributed by atoms with Gasteiger partial charge in [0, 0.05) is 18.0 Å². The number of amides is 1. The molecule has 0 fully saturated rings. The van der Waals surface area contributed by atoms with Gasteiger partial charge in [-0.25, -0.2) is 0 Å². The summed E-state index contributed by atoms with van der Waals surface area (Å²) in [5, 5.41) is 11.9. The van der Waals surface area contributed by atoms with Crippen LogP contribution in [0.25, 0.3) is 11.3 Å². The smallest absolute Gasteiger partial charge is 0.257 e. The number of carbonyl (C=O) groups excluding carboxylic acids is 1. The van der Waals surface area contributed by atoms with Gasteiger partial charge in [-0.15, -0.1) is 0 Å². The normalized spacial score (nSPS) is 10.0. The molecule has 24 heavy (non-hydrogen) atoms. The molecule has 0 aliphatic carbocycles. The van der Waals surface area contributed by atoms with Crippen LogP contribution in [0, 0.1) is 11.3 Å². The summed E-state index contributed by atoms with van der Waals surface area (Å²) in [5.74, 6) is -0.395. The number of rotatable bonds is 3. The fourth-order valence-electron chi connectivity index (χ4n) is 2.12. The van der Waals surface area contributed by atoms with Crippen LogP contribution in [0.3, 0.4) is 0 Å². The molecule has 0 saturated heterocycles. The lowest BCUT2D eigenvalue weighted by atomic mass is 10.1. The maximum Gasteiger partial charge on any atom is 0.257 e. The first-order chi connectivity index (χ1) is 11.7. The number of aromatic nitrogens is 2. The molecule has 3 aromatic rings. The zero-order valence-electron chi connectivity index (χ0n) is 12.4. The second kappa shape index (κ2) is 6.90. The maximum absolute atomic E-state index is 12.3. The third-order valence-corrected chi connectivity index (χ3v) is 3.65. The van der Waals surface area contributed by atoms with Crippen molar-refractivity contribution in [1.82, 2.24) is 9.97 Å². The van der Waals surface area contributed by atoms with E-state index in [0.717, 1.165) is 11.3 Å². The van der Waals surface area contributed by atoms with Gasteiger partial charge in [-0.05, 0) is 42.5 Å². The van der Waals surface area contributed by atoms with Gasteiger partial charge in [-0.2, -0.15) is 5.26 Å². The number of benzene rings is 1. The Bertz CT molecular complexity index is 918. The molecule has 0 spiro atoms. The minimum atomic E-state index is -0.395. The van der Waals surface area contributed by atoms with Gasteiger partial charge < -0.3 is 5.32 Å². The number of hydrogen-bond acceptors (Lipinski definition) is 4. The summed E-state index contributed by atoms with van der Waals surface area (Å²) < 4.78 is 0. The highest BCUT2D eigenvalue weighted by Crippen LogP contribution is 2.20. The number of hydrogen-bond donors (Lipinski definition) is 1. The average Bonchev–Trinajstić information content (AvgIpc) is 2.63. The van der Waals surface area contributed by atoms with Crippen molar-refractivity contribution in [1.29, 1.82) is 5.26 Å². The second-order valence-corrected chi connectivity index (χ2v) is 5.34. The Kier molecular flexibility index (Phi) is 4.50. The van der Waals surface area contributed by atoms with E-state index in [2.05, 4.69) is 15.3 Å². The van der Waals surface area contributed by atoms with E-state index < -0.39 is 5.91 Å². The molecule has 0 radical (unpaired) electrons. The van der Waals surface area contributed by atoms with Crippen LogP contribution in [-0.2, 0) is 0 Å². The molecular weight excluding hydrogens is 324 g/mol. The van der Waals surface area contributed by atoms with Gasteiger partial charge in [-0.1, -0.05) is 11.6 Å². The molecule has 0 unspecified atom stereocenters. The van der Waals surface area contributed by atoms with E-state index in [-0.39, 0.29) is 10.6 Å². The Morgan fingerprint density at radius 2 is 2.04 bits per heavy atom. The lowest BCUT2D eigenvalue weighted by Crippen LogP contribution is -2.13. The number of nitriles is 1. The summed E-state index contributed by atoms with van der Waals surface area (Å²) in [6.45, 7) is 0. The summed E-state index contributed by atoms with van der Waals surface area (Å²) in [4.78, 5) is 20.7. The lowest BCUT2D eigenvalue weighted by molar-refractivity contribution is 0.102. The van der Waals surface area contributed by atoms with Crippen LogP contribution in [0.2, 0.25) is 5.02 Å². The molecule has 1 amide bonds. The van der Waals surface area contributed by atoms with Gasteiger partial charge in [0.25, 0.3) is 5.91 Å². The van der Waals surface area contributed by atoms with E-state index in [1.54, 1.807) is 36.8 Å². The second-order valence-electron chi connectivity index (χ2n) is 4.93. The van der Waals surface area contributed by atoms with Crippen LogP contribution in [0.4, 0.5) is 5.69 Å². The number of nitrogens with zero attached hydrogens (tertiary/aromatic N) is 3. The molecule has 1 aromatic carbocycles. The van der Waals surface area contributed by atoms with Gasteiger partial charge in [0.15, 0.2) is 0 Å². The third-order valence-electron chi connectivity index (χ3n) is 3.32. The van der Waals surface area contributed by atoms with Crippen molar-refractivity contribution in [2.24, 2.45) is 0 Å². The van der Waals surface area contributed by atoms with E-state index in [1.807, 2.05) is 18.2 Å². The summed E-state index contributed by atoms with van der Waals surface area (Å²) in [6, 6.07) is 13.8. The SMILES string of the molecule is N#Cc1ccc(Cl)c(C(=O)Nc2ccc(-c3cccnc3)nc2)c1. The number of carbonyl (C=O) groups is 1. The van der Waals surface area contributed by atoms with E-state index >= 15 is 0 Å². The zero-order valence-corrected chi connectivity index (χ0v) is 13.2. The first-order valence-electron chi connectivity index (χ1n) is 7.05. The van der Waals surface area contributed by atoms with Crippen molar-refractivity contribution in [3.63, 3.8) is 0 Å². The van der Waals surface area contributed by atoms with Crippen LogP contribution < -0.4 is 5.32 Å². The van der Waals surface area contributed by atoms with Crippen LogP contribution in [0.15, 0.2) is 61.1 Å². The molecule has 5 nitrogen and oxygen atoms in total. The third kappa shape index (κ3) is 3.40. The molecule has 0 aliphatic heterocycles. The monoisotopic (exact) mass is 334 g/mol. The quantitative estimate of drug-likeness (QED) is 0.787. The van der Waals surface area contributed by atoms with Gasteiger partial charge in [0.05, 0.1) is 39.8 Å². The molecule has 0 saturated carbocycles. The highest BCUT2D eigenvalue weighted by molar-refractivity contribution is 6.34. The molecule has 3 rings (SSSR count). The van der Waals surface area contributed by atoms with Crippen LogP contribution in [-0.4, -0.2) is 15.9 Å². The first-order valence-corrected chi connectivity index (χ1v) is 7.42. The van der Waals surface area contributed by atoms with Crippen molar-refractivity contribution in [2.75, 3.05) is 5.32 Å². The van der Waals surface area contributed by atoms with Crippen LogP contribution in [0.5, 0.6) is 0 Å². The predicted molar refractivity (Wildman–Crippen MR) is 91.6 cm³/mol. The fraction of sp³-hybridized carbons (Fsp3) is 0. The van der Waals surface area contributed by atoms with E-state index in [0.29, 0.717) is 11.3 Å². The zero-order chi connectivity index (χ0) is 16.9. The van der Waals surface area contributed by atoms with Crippen molar-refractivity contribution >= 4 is 23.2 Å². The highest BCUT2D eigenvalue weighted by atomic mass is 35.5. The van der Waals surface area contributed by atoms with E-state index in [9.17, 15) is 4.79 Å². The van der Waals surface area contributed by atoms with Crippen molar-refractivity contribution in [3.8, 4) is 17.3 Å². The van der Waals surface area contributed by atoms with Crippen LogP contribution >= 0.6 is 11.6 Å². The van der Waals surface area contributed by atoms with Crippen LogP contribution in [0.1, 0.15) is 15.9 Å². The van der Waals surface area contributed by atoms with Gasteiger partial charge >= 0.3 is 0 Å². The lowest BCUT2D eigenvalue weighted by Gasteiger charge is -2.08. The first kappa shape index (κ1) is 15.7. The molecule has 0 bridgehead atoms. The summed E-state index contributed by atoms with van der Waals surface area (Å²) in [5.41, 5.74) is 2.79. The Morgan fingerprint density at radius 3 is 2.71 bits per heavy atom. The molecule has 116 valence electrons. The summed E-state index contributed by atoms with van der Waals surface area (Å²) >= 11 is 6.03. The summed E-state index contributed by atoms with van der Waals surface area (Å²) in [7, 11) is 0. The number of anilines is 1. The van der Waals surface area contributed by atoms with Gasteiger partial charge in [-0.3, -0.25) is 14.8 Å². The highest BCUT2D eigenvalue weighted by Gasteiger charge is 2.12. The van der Waals surface area contributed by atoms with E-state index in [1.165, 1.54) is 12.1 Å². The minimum absolute atomic E-state index is 0.243. The van der Waals surface area contributed by atoms with E-state index in [4.69, 9.17) is 16.9 Å². The fourth-order valence-corrected chi connectivity index (χ4v) is 2.32. The largest absolute Gasteiger partial charge is 0.321 e. The molecule has 2 aromatic heterocycles. The number of halogens is 1. The molecule has 2 heterocycles. The van der Waals surface area contributed by atoms with Crippen molar-refractivity contribution < 1.29 is 4.79 Å². The molecule has 0 aliphatic rings. The minimum Gasteiger partial charge on any atom is -0.321 e. The Morgan fingerprint density at radius 1 is 1.17 bits per heavy atom. The Hall–Kier alpha value is -3.23. The maximum atomic E-state index is 12.3. The predicted octanol–water partition coefficient (Wildman–Crippen LogP) is 3.92. The average molecular weight is 335 g/mol. The van der Waals surface area contributed by atoms with Crippen molar-refractivity contribution in [2.45, 2.75) is 0 Å². The van der Waals surface area contributed by atoms with Gasteiger partial charge in [0.1, 0.15) is 0 Å². The molecule has 1 N–H and O–H groups in total. The van der Waals surface area contributed by atoms with Crippen molar-refractivity contribution in [3.05, 3.63) is 77.2 Å². The molecule has 6 heteroatoms. The standard InChI is InChI=1S/C18H11ClN4O/c19-16-5-3-12(9-20)8-15(16)18(24)23-14-4-6-17(22-11-14)13-2-1-7-21-10-13/h1-8,10-11H,(H,23,24). The Labute approximate surface area is 143 Å². The number of pyridine rings is 2.